The molecular weight excluding hydrogens is 302 g/mol. The molecular formula is C19H27N3O2. The molecule has 5 rings (SSSR count). The lowest BCUT2D eigenvalue weighted by Crippen LogP contribution is -2.50. The SMILES string of the molecule is O=C(C1CCOCC1)N1C[C@H]2CC[C@@H]1CN(Cc1ccncc1)C2. The standard InChI is InChI=1S/C19H27N3O2/c23-19(17-5-9-24-10-6-17)22-13-16-1-2-18(22)14-21(12-16)11-15-3-7-20-8-4-15/h3-4,7-8,16-18H,1-2,5-6,9-14H2/t16-,18+/m0/s1. The van der Waals surface area contributed by atoms with E-state index in [1.54, 1.807) is 0 Å². The summed E-state index contributed by atoms with van der Waals surface area (Å²) in [5, 5.41) is 0. The number of hydrogen-bond donors (Lipinski definition) is 0. The molecule has 2 atom stereocenters. The van der Waals surface area contributed by atoms with Crippen LogP contribution in [0.15, 0.2) is 24.5 Å². The minimum Gasteiger partial charge on any atom is -0.381 e. The molecule has 0 spiro atoms. The van der Waals surface area contributed by atoms with Crippen LogP contribution >= 0.6 is 0 Å². The molecule has 4 saturated heterocycles. The fourth-order valence-electron chi connectivity index (χ4n) is 4.50. The van der Waals surface area contributed by atoms with Gasteiger partial charge in [-0.2, -0.15) is 0 Å². The first kappa shape index (κ1) is 16.0. The Kier molecular flexibility index (Phi) is 4.81. The summed E-state index contributed by atoms with van der Waals surface area (Å²) in [6.07, 6.45) is 7.94. The van der Waals surface area contributed by atoms with Crippen LogP contribution in [-0.2, 0) is 16.1 Å². The van der Waals surface area contributed by atoms with Gasteiger partial charge in [-0.15, -0.1) is 0 Å². The molecule has 24 heavy (non-hydrogen) atoms. The molecule has 0 unspecified atom stereocenters. The average molecular weight is 329 g/mol. The first-order valence-corrected chi connectivity index (χ1v) is 9.29. The van der Waals surface area contributed by atoms with Crippen molar-refractivity contribution in [3.05, 3.63) is 30.1 Å². The number of carbonyl (C=O) groups excluding carboxylic acids is 1. The van der Waals surface area contributed by atoms with Crippen molar-refractivity contribution in [2.24, 2.45) is 11.8 Å². The Bertz CT molecular complexity index is 559. The van der Waals surface area contributed by atoms with Crippen molar-refractivity contribution in [1.29, 1.82) is 0 Å². The monoisotopic (exact) mass is 329 g/mol. The van der Waals surface area contributed by atoms with Gasteiger partial charge in [0.1, 0.15) is 0 Å². The fraction of sp³-hybridized carbons (Fsp3) is 0.684. The predicted molar refractivity (Wildman–Crippen MR) is 91.3 cm³/mol. The van der Waals surface area contributed by atoms with Gasteiger partial charge in [0.05, 0.1) is 0 Å². The van der Waals surface area contributed by atoms with E-state index in [1.165, 1.54) is 12.0 Å². The lowest BCUT2D eigenvalue weighted by atomic mass is 9.91. The third kappa shape index (κ3) is 3.47. The van der Waals surface area contributed by atoms with Crippen LogP contribution in [0.4, 0.5) is 0 Å². The van der Waals surface area contributed by atoms with Gasteiger partial charge < -0.3 is 9.64 Å². The van der Waals surface area contributed by atoms with Gasteiger partial charge in [-0.1, -0.05) is 0 Å². The highest BCUT2D eigenvalue weighted by Crippen LogP contribution is 2.31. The molecule has 130 valence electrons. The summed E-state index contributed by atoms with van der Waals surface area (Å²) in [6.45, 7) is 5.52. The number of carbonyl (C=O) groups is 1. The zero-order valence-corrected chi connectivity index (χ0v) is 14.3. The molecule has 5 heterocycles. The minimum absolute atomic E-state index is 0.187. The van der Waals surface area contributed by atoms with E-state index in [0.717, 1.165) is 58.7 Å². The van der Waals surface area contributed by atoms with Crippen molar-refractivity contribution in [1.82, 2.24) is 14.8 Å². The molecule has 0 aromatic carbocycles. The summed E-state index contributed by atoms with van der Waals surface area (Å²) in [5.74, 6) is 1.19. The molecule has 4 fully saturated rings. The molecule has 0 N–H and O–H groups in total. The maximum Gasteiger partial charge on any atom is 0.226 e. The number of rotatable bonds is 3. The average Bonchev–Trinajstić information content (AvgIpc) is 2.93. The molecule has 1 aromatic heterocycles. The highest BCUT2D eigenvalue weighted by atomic mass is 16.5. The van der Waals surface area contributed by atoms with Gasteiger partial charge in [-0.3, -0.25) is 14.7 Å². The number of aromatic nitrogens is 1. The zero-order valence-electron chi connectivity index (χ0n) is 14.3. The fourth-order valence-corrected chi connectivity index (χ4v) is 4.50. The van der Waals surface area contributed by atoms with E-state index in [2.05, 4.69) is 26.9 Å². The number of hydrogen-bond acceptors (Lipinski definition) is 4. The molecule has 5 nitrogen and oxygen atoms in total. The second-order valence-electron chi connectivity index (χ2n) is 7.52. The lowest BCUT2D eigenvalue weighted by Gasteiger charge is -2.39. The van der Waals surface area contributed by atoms with Crippen molar-refractivity contribution >= 4 is 5.91 Å². The van der Waals surface area contributed by atoms with E-state index < -0.39 is 0 Å². The maximum absolute atomic E-state index is 13.0. The van der Waals surface area contributed by atoms with Gasteiger partial charge in [-0.25, -0.2) is 0 Å². The van der Waals surface area contributed by atoms with Crippen LogP contribution in [-0.4, -0.2) is 59.6 Å². The number of ether oxygens (including phenoxy) is 1. The first-order chi connectivity index (χ1) is 11.8. The van der Waals surface area contributed by atoms with E-state index in [4.69, 9.17) is 4.74 Å². The molecule has 4 aliphatic rings. The minimum atomic E-state index is 0.187. The highest BCUT2D eigenvalue weighted by Gasteiger charge is 2.39. The summed E-state index contributed by atoms with van der Waals surface area (Å²) in [4.78, 5) is 21.9. The number of amides is 1. The third-order valence-corrected chi connectivity index (χ3v) is 5.80. The largest absolute Gasteiger partial charge is 0.381 e. The van der Waals surface area contributed by atoms with Gasteiger partial charge in [0.15, 0.2) is 0 Å². The molecule has 1 aromatic rings. The van der Waals surface area contributed by atoms with Crippen LogP contribution in [0, 0.1) is 11.8 Å². The molecule has 4 aliphatic heterocycles. The van der Waals surface area contributed by atoms with Crippen molar-refractivity contribution < 1.29 is 9.53 Å². The van der Waals surface area contributed by atoms with E-state index in [0.29, 0.717) is 17.9 Å². The van der Waals surface area contributed by atoms with Gasteiger partial charge in [0.2, 0.25) is 5.91 Å². The van der Waals surface area contributed by atoms with E-state index in [-0.39, 0.29) is 5.92 Å². The zero-order chi connectivity index (χ0) is 16.4. The van der Waals surface area contributed by atoms with Gasteiger partial charge in [0.25, 0.3) is 0 Å². The Labute approximate surface area is 144 Å². The molecule has 0 saturated carbocycles. The van der Waals surface area contributed by atoms with Gasteiger partial charge >= 0.3 is 0 Å². The van der Waals surface area contributed by atoms with Crippen molar-refractivity contribution in [2.75, 3.05) is 32.8 Å². The van der Waals surface area contributed by atoms with E-state index >= 15 is 0 Å². The Morgan fingerprint density at radius 2 is 1.88 bits per heavy atom. The van der Waals surface area contributed by atoms with Crippen LogP contribution in [0.1, 0.15) is 31.2 Å². The summed E-state index contributed by atoms with van der Waals surface area (Å²) in [7, 11) is 0. The molecule has 2 bridgehead atoms. The summed E-state index contributed by atoms with van der Waals surface area (Å²) < 4.78 is 5.42. The van der Waals surface area contributed by atoms with E-state index in [9.17, 15) is 4.79 Å². The van der Waals surface area contributed by atoms with Crippen LogP contribution in [0.3, 0.4) is 0 Å². The second kappa shape index (κ2) is 7.19. The summed E-state index contributed by atoms with van der Waals surface area (Å²) >= 11 is 0. The van der Waals surface area contributed by atoms with Gasteiger partial charge in [0, 0.05) is 63.7 Å². The topological polar surface area (TPSA) is 45.7 Å². The Morgan fingerprint density at radius 3 is 2.67 bits per heavy atom. The van der Waals surface area contributed by atoms with Crippen LogP contribution in [0.5, 0.6) is 0 Å². The van der Waals surface area contributed by atoms with Crippen LogP contribution < -0.4 is 0 Å². The number of piperidine rings is 1. The smallest absolute Gasteiger partial charge is 0.226 e. The summed E-state index contributed by atoms with van der Waals surface area (Å²) in [5.41, 5.74) is 1.31. The maximum atomic E-state index is 13.0. The third-order valence-electron chi connectivity index (χ3n) is 5.80. The lowest BCUT2D eigenvalue weighted by molar-refractivity contribution is -0.142. The Balaban J connectivity index is 1.43. The molecule has 0 radical (unpaired) electrons. The second-order valence-corrected chi connectivity index (χ2v) is 7.52. The quantitative estimate of drug-likeness (QED) is 0.850. The number of nitrogens with zero attached hydrogens (tertiary/aromatic N) is 3. The Morgan fingerprint density at radius 1 is 1.08 bits per heavy atom. The molecule has 0 aliphatic carbocycles. The molecule has 5 heteroatoms. The normalized spacial score (nSPS) is 28.8. The van der Waals surface area contributed by atoms with Crippen LogP contribution in [0.2, 0.25) is 0 Å². The van der Waals surface area contributed by atoms with E-state index in [1.807, 2.05) is 12.4 Å². The predicted octanol–water partition coefficient (Wildman–Crippen LogP) is 1.93. The van der Waals surface area contributed by atoms with Crippen molar-refractivity contribution in [2.45, 2.75) is 38.3 Å². The van der Waals surface area contributed by atoms with Gasteiger partial charge in [-0.05, 0) is 49.3 Å². The number of fused-ring (bicyclic) bond motifs is 4. The summed E-state index contributed by atoms with van der Waals surface area (Å²) in [6, 6.07) is 4.58. The Hall–Kier alpha value is -1.46. The first-order valence-electron chi connectivity index (χ1n) is 9.29. The highest BCUT2D eigenvalue weighted by molar-refractivity contribution is 5.79. The molecule has 1 amide bonds. The van der Waals surface area contributed by atoms with Crippen LogP contribution in [0.25, 0.3) is 0 Å². The number of pyridine rings is 1. The van der Waals surface area contributed by atoms with Crippen molar-refractivity contribution in [3.63, 3.8) is 0 Å². The van der Waals surface area contributed by atoms with Crippen molar-refractivity contribution in [3.8, 4) is 0 Å².